The van der Waals surface area contributed by atoms with E-state index in [4.69, 9.17) is 9.47 Å². The molecule has 2 heterocycles. The summed E-state index contributed by atoms with van der Waals surface area (Å²) in [5, 5.41) is 21.0. The fourth-order valence-electron chi connectivity index (χ4n) is 2.49. The molecule has 0 bridgehead atoms. The third-order valence-corrected chi connectivity index (χ3v) is 5.83. The lowest BCUT2D eigenvalue weighted by Gasteiger charge is -2.22. The van der Waals surface area contributed by atoms with Gasteiger partial charge in [0.1, 0.15) is 11.9 Å². The molecule has 2 aromatic rings. The maximum Gasteiger partial charge on any atom is 0.419 e. The van der Waals surface area contributed by atoms with Crippen molar-refractivity contribution in [2.75, 3.05) is 17.9 Å². The molecule has 2 N–H and O–H groups in total. The highest BCUT2D eigenvalue weighted by atomic mass is 32.2. The van der Waals surface area contributed by atoms with Gasteiger partial charge in [0.25, 0.3) is 5.06 Å². The van der Waals surface area contributed by atoms with Crippen LogP contribution in [0.2, 0.25) is 0 Å². The lowest BCUT2D eigenvalue weighted by atomic mass is 10.2. The molecule has 3 rings (SSSR count). The van der Waals surface area contributed by atoms with E-state index >= 15 is 0 Å². The molecular weight excluding hydrogens is 421 g/mol. The molecule has 1 aromatic carbocycles. The summed E-state index contributed by atoms with van der Waals surface area (Å²) in [5.41, 5.74) is -1.09. The first-order valence-corrected chi connectivity index (χ1v) is 9.73. The van der Waals surface area contributed by atoms with Crippen LogP contribution in [0.5, 0.6) is 10.8 Å². The average molecular weight is 436 g/mol. The number of alkyl halides is 3. The first kappa shape index (κ1) is 20.6. The maximum atomic E-state index is 12.7. The number of thiophene rings is 1. The molecular formula is C16H15F3N2O5S2. The Labute approximate surface area is 165 Å². The van der Waals surface area contributed by atoms with Gasteiger partial charge in [0, 0.05) is 30.7 Å². The first-order valence-electron chi connectivity index (χ1n) is 8.09. The Hall–Kier alpha value is -2.18. The van der Waals surface area contributed by atoms with Crippen LogP contribution in [0.25, 0.3) is 0 Å². The minimum absolute atomic E-state index is 0.163. The second-order valence-electron chi connectivity index (χ2n) is 5.86. The van der Waals surface area contributed by atoms with Crippen LogP contribution >= 0.6 is 23.3 Å². The van der Waals surface area contributed by atoms with Crippen molar-refractivity contribution in [2.24, 2.45) is 0 Å². The van der Waals surface area contributed by atoms with Crippen LogP contribution in [0.3, 0.4) is 0 Å². The summed E-state index contributed by atoms with van der Waals surface area (Å²) >= 11 is 2.04. The molecule has 1 fully saturated rings. The number of phenolic OH excluding ortho intramolecular Hbond substituents is 1. The zero-order valence-electron chi connectivity index (χ0n) is 14.2. The number of anilines is 1. The Morgan fingerprint density at radius 2 is 2.04 bits per heavy atom. The monoisotopic (exact) mass is 436 g/mol. The van der Waals surface area contributed by atoms with Crippen molar-refractivity contribution in [1.29, 1.82) is 0 Å². The number of nitrogens with zero attached hydrogens (tertiary/aromatic N) is 1. The Bertz CT molecular complexity index is 853. The van der Waals surface area contributed by atoms with E-state index < -0.39 is 22.4 Å². The van der Waals surface area contributed by atoms with Gasteiger partial charge in [-0.25, -0.2) is 0 Å². The molecule has 152 valence electrons. The third-order valence-electron chi connectivity index (χ3n) is 3.87. The summed E-state index contributed by atoms with van der Waals surface area (Å²) in [5.74, 6) is -0.904. The van der Waals surface area contributed by atoms with Gasteiger partial charge in [-0.1, -0.05) is 11.3 Å². The van der Waals surface area contributed by atoms with E-state index in [0.29, 0.717) is 30.3 Å². The molecule has 0 amide bonds. The highest BCUT2D eigenvalue weighted by Gasteiger charge is 2.33. The van der Waals surface area contributed by atoms with E-state index in [0.717, 1.165) is 41.5 Å². The number of phenols is 1. The molecule has 0 atom stereocenters. The van der Waals surface area contributed by atoms with E-state index in [1.54, 1.807) is 0 Å². The largest absolute Gasteiger partial charge is 0.507 e. The number of nitro groups is 1. The van der Waals surface area contributed by atoms with Crippen molar-refractivity contribution in [3.05, 3.63) is 39.9 Å². The molecule has 1 saturated heterocycles. The highest BCUT2D eigenvalue weighted by molar-refractivity contribution is 8.02. The summed E-state index contributed by atoms with van der Waals surface area (Å²) in [7, 11) is 0. The number of hydrogen-bond acceptors (Lipinski definition) is 8. The molecule has 0 spiro atoms. The van der Waals surface area contributed by atoms with E-state index in [1.165, 1.54) is 6.07 Å². The highest BCUT2D eigenvalue weighted by Crippen LogP contribution is 2.43. The molecule has 0 radical (unpaired) electrons. The quantitative estimate of drug-likeness (QED) is 0.371. The van der Waals surface area contributed by atoms with E-state index in [9.17, 15) is 28.4 Å². The zero-order chi connectivity index (χ0) is 20.3. The number of rotatable bonds is 6. The lowest BCUT2D eigenvalue weighted by molar-refractivity contribution is -0.385. The third kappa shape index (κ3) is 5.00. The Kier molecular flexibility index (Phi) is 6.20. The van der Waals surface area contributed by atoms with Crippen LogP contribution < -0.4 is 9.46 Å². The van der Waals surface area contributed by atoms with Crippen molar-refractivity contribution >= 4 is 34.7 Å². The lowest BCUT2D eigenvalue weighted by Crippen LogP contribution is -2.25. The van der Waals surface area contributed by atoms with Crippen molar-refractivity contribution in [2.45, 2.75) is 29.3 Å². The van der Waals surface area contributed by atoms with Gasteiger partial charge in [-0.3, -0.25) is 10.1 Å². The van der Waals surface area contributed by atoms with Gasteiger partial charge >= 0.3 is 11.9 Å². The Balaban J connectivity index is 1.69. The minimum atomic E-state index is -4.65. The maximum absolute atomic E-state index is 12.7. The van der Waals surface area contributed by atoms with E-state index in [-0.39, 0.29) is 22.5 Å². The molecule has 12 heteroatoms. The second-order valence-corrected chi connectivity index (χ2v) is 7.98. The number of aromatic hydroxyl groups is 1. The standard InChI is InChI=1S/C16H15F3N2O5S2/c17-16(18,19)11-2-1-9(7-13(11)22)20-28-14-8-12(21(23)24)15(27-14)26-10-3-5-25-6-4-10/h1-2,7-8,10,20,22H,3-6H2. The number of nitrogens with one attached hydrogen (secondary N) is 1. The minimum Gasteiger partial charge on any atom is -0.507 e. The van der Waals surface area contributed by atoms with Crippen LogP contribution in [0.4, 0.5) is 24.5 Å². The van der Waals surface area contributed by atoms with Gasteiger partial charge in [0.2, 0.25) is 0 Å². The second kappa shape index (κ2) is 8.45. The van der Waals surface area contributed by atoms with Gasteiger partial charge in [0.15, 0.2) is 0 Å². The number of benzene rings is 1. The molecule has 1 aromatic heterocycles. The molecule has 0 saturated carbocycles. The summed E-state index contributed by atoms with van der Waals surface area (Å²) in [6, 6.07) is 4.20. The van der Waals surface area contributed by atoms with Crippen LogP contribution in [0.15, 0.2) is 28.5 Å². The van der Waals surface area contributed by atoms with Crippen LogP contribution in [0, 0.1) is 10.1 Å². The van der Waals surface area contributed by atoms with Crippen molar-refractivity contribution in [1.82, 2.24) is 0 Å². The van der Waals surface area contributed by atoms with E-state index in [1.807, 2.05) is 0 Å². The molecule has 1 aliphatic rings. The van der Waals surface area contributed by atoms with Crippen molar-refractivity contribution in [3.63, 3.8) is 0 Å². The fourth-order valence-corrected chi connectivity index (χ4v) is 4.31. The number of hydrogen-bond donors (Lipinski definition) is 2. The fraction of sp³-hybridized carbons (Fsp3) is 0.375. The molecule has 0 aliphatic carbocycles. The molecule has 7 nitrogen and oxygen atoms in total. The van der Waals surface area contributed by atoms with Crippen molar-refractivity contribution < 1.29 is 32.7 Å². The summed E-state index contributed by atoms with van der Waals surface area (Å²) in [6.45, 7) is 1.06. The smallest absolute Gasteiger partial charge is 0.419 e. The Morgan fingerprint density at radius 1 is 1.32 bits per heavy atom. The van der Waals surface area contributed by atoms with Gasteiger partial charge in [-0.15, -0.1) is 0 Å². The number of halogens is 3. The molecule has 1 aliphatic heterocycles. The van der Waals surface area contributed by atoms with Crippen LogP contribution in [0.1, 0.15) is 18.4 Å². The molecule has 28 heavy (non-hydrogen) atoms. The van der Waals surface area contributed by atoms with Gasteiger partial charge in [-0.2, -0.15) is 13.2 Å². The predicted octanol–water partition coefficient (Wildman–Crippen LogP) is 5.06. The van der Waals surface area contributed by atoms with Crippen LogP contribution in [-0.4, -0.2) is 29.3 Å². The first-order chi connectivity index (χ1) is 13.2. The topological polar surface area (TPSA) is 93.9 Å². The summed E-state index contributed by atoms with van der Waals surface area (Å²) < 4.78 is 52.3. The summed E-state index contributed by atoms with van der Waals surface area (Å²) in [4.78, 5) is 10.7. The summed E-state index contributed by atoms with van der Waals surface area (Å²) in [6.07, 6.45) is -3.54. The SMILES string of the molecule is O=[N+]([O-])c1cc(SNc2ccc(C(F)(F)F)c(O)c2)sc1OC1CCOCC1. The van der Waals surface area contributed by atoms with Gasteiger partial charge in [-0.05, 0) is 24.1 Å². The average Bonchev–Trinajstić information content (AvgIpc) is 3.03. The van der Waals surface area contributed by atoms with Crippen LogP contribution in [-0.2, 0) is 10.9 Å². The van der Waals surface area contributed by atoms with Crippen molar-refractivity contribution in [3.8, 4) is 10.8 Å². The number of ether oxygens (including phenoxy) is 2. The van der Waals surface area contributed by atoms with Gasteiger partial charge in [0.05, 0.1) is 27.9 Å². The van der Waals surface area contributed by atoms with E-state index in [2.05, 4.69) is 4.72 Å². The van der Waals surface area contributed by atoms with Gasteiger partial charge < -0.3 is 19.3 Å². The zero-order valence-corrected chi connectivity index (χ0v) is 15.8. The predicted molar refractivity (Wildman–Crippen MR) is 98.0 cm³/mol. The normalized spacial score (nSPS) is 15.4. The molecule has 0 unspecified atom stereocenters. The Morgan fingerprint density at radius 3 is 2.64 bits per heavy atom.